The molecule has 0 rings (SSSR count). The van der Waals surface area contributed by atoms with Gasteiger partial charge in [0.2, 0.25) is 0 Å². The molecular formula is C9H14N2O4. The van der Waals surface area contributed by atoms with Gasteiger partial charge in [0.1, 0.15) is 0 Å². The van der Waals surface area contributed by atoms with Crippen molar-refractivity contribution in [1.29, 1.82) is 0 Å². The standard InChI is InChI=1S/C9H14N2O4/c1-8(12)14-10-6-4-3-5-7-11-15-9(2)13/h6-7H,3-5H2,1-2H3/b10-6+,11-7+. The lowest BCUT2D eigenvalue weighted by atomic mass is 10.3. The first kappa shape index (κ1) is 13.3. The van der Waals surface area contributed by atoms with E-state index in [0.29, 0.717) is 12.8 Å². The van der Waals surface area contributed by atoms with E-state index >= 15 is 0 Å². The first-order valence-corrected chi connectivity index (χ1v) is 4.51. The van der Waals surface area contributed by atoms with Crippen molar-refractivity contribution in [3.05, 3.63) is 0 Å². The van der Waals surface area contributed by atoms with E-state index in [1.54, 1.807) is 0 Å². The molecule has 0 aliphatic rings. The third kappa shape index (κ3) is 12.3. The molecule has 0 saturated heterocycles. The highest BCUT2D eigenvalue weighted by Gasteiger charge is 1.88. The number of unbranched alkanes of at least 4 members (excludes halogenated alkanes) is 2. The number of hydrogen-bond acceptors (Lipinski definition) is 6. The number of nitrogens with zero attached hydrogens (tertiary/aromatic N) is 2. The average Bonchev–Trinajstić information content (AvgIpc) is 2.14. The predicted octanol–water partition coefficient (Wildman–Crippen LogP) is 1.25. The number of rotatable bonds is 6. The van der Waals surface area contributed by atoms with Crippen LogP contribution in [-0.4, -0.2) is 24.4 Å². The fourth-order valence-electron chi connectivity index (χ4n) is 0.629. The van der Waals surface area contributed by atoms with E-state index in [1.165, 1.54) is 26.3 Å². The van der Waals surface area contributed by atoms with Crippen LogP contribution in [0.25, 0.3) is 0 Å². The molecule has 84 valence electrons. The summed E-state index contributed by atoms with van der Waals surface area (Å²) in [5, 5.41) is 6.82. The molecule has 0 saturated carbocycles. The summed E-state index contributed by atoms with van der Waals surface area (Å²) in [6.45, 7) is 2.56. The third-order valence-electron chi connectivity index (χ3n) is 1.18. The molecule has 0 radical (unpaired) electrons. The fourth-order valence-corrected chi connectivity index (χ4v) is 0.629. The van der Waals surface area contributed by atoms with Crippen LogP contribution in [0.1, 0.15) is 33.1 Å². The Hall–Kier alpha value is -1.72. The second kappa shape index (κ2) is 8.86. The lowest BCUT2D eigenvalue weighted by Crippen LogP contribution is -1.92. The van der Waals surface area contributed by atoms with Gasteiger partial charge >= 0.3 is 11.9 Å². The summed E-state index contributed by atoms with van der Waals surface area (Å²) in [6, 6.07) is 0. The maximum absolute atomic E-state index is 10.3. The van der Waals surface area contributed by atoms with E-state index < -0.39 is 11.9 Å². The van der Waals surface area contributed by atoms with E-state index in [9.17, 15) is 9.59 Å². The molecule has 0 aromatic rings. The Kier molecular flexibility index (Phi) is 7.84. The number of oxime groups is 2. The van der Waals surface area contributed by atoms with Gasteiger partial charge in [-0.3, -0.25) is 0 Å². The van der Waals surface area contributed by atoms with Crippen molar-refractivity contribution in [1.82, 2.24) is 0 Å². The van der Waals surface area contributed by atoms with Crippen LogP contribution in [0, 0.1) is 0 Å². The molecule has 6 heteroatoms. The van der Waals surface area contributed by atoms with Gasteiger partial charge in [-0.2, -0.15) is 0 Å². The van der Waals surface area contributed by atoms with Crippen LogP contribution >= 0.6 is 0 Å². The highest BCUT2D eigenvalue weighted by Crippen LogP contribution is 1.91. The van der Waals surface area contributed by atoms with Crippen LogP contribution in [0.5, 0.6) is 0 Å². The van der Waals surface area contributed by atoms with Gasteiger partial charge in [-0.25, -0.2) is 9.59 Å². The summed E-state index contributed by atoms with van der Waals surface area (Å²) in [6.07, 6.45) is 5.12. The molecule has 0 bridgehead atoms. The predicted molar refractivity (Wildman–Crippen MR) is 54.4 cm³/mol. The zero-order chi connectivity index (χ0) is 11.5. The molecule has 0 amide bonds. The molecule has 0 N–H and O–H groups in total. The van der Waals surface area contributed by atoms with Gasteiger partial charge < -0.3 is 9.68 Å². The third-order valence-corrected chi connectivity index (χ3v) is 1.18. The van der Waals surface area contributed by atoms with E-state index in [2.05, 4.69) is 20.0 Å². The van der Waals surface area contributed by atoms with Crippen molar-refractivity contribution in [2.75, 3.05) is 0 Å². The zero-order valence-electron chi connectivity index (χ0n) is 8.80. The monoisotopic (exact) mass is 214 g/mol. The Balaban J connectivity index is 3.31. The number of carbonyl (C=O) groups is 2. The van der Waals surface area contributed by atoms with Crippen molar-refractivity contribution in [2.45, 2.75) is 33.1 Å². The highest BCUT2D eigenvalue weighted by molar-refractivity contribution is 5.68. The number of carbonyl (C=O) groups excluding carboxylic acids is 2. The lowest BCUT2D eigenvalue weighted by Gasteiger charge is -1.91. The summed E-state index contributed by atoms with van der Waals surface area (Å²) < 4.78 is 0. The van der Waals surface area contributed by atoms with E-state index in [-0.39, 0.29) is 0 Å². The highest BCUT2D eigenvalue weighted by atomic mass is 16.7. The van der Waals surface area contributed by atoms with Crippen molar-refractivity contribution < 1.29 is 19.3 Å². The molecule has 0 aromatic carbocycles. The first-order valence-electron chi connectivity index (χ1n) is 4.51. The van der Waals surface area contributed by atoms with Crippen LogP contribution in [0.2, 0.25) is 0 Å². The normalized spacial score (nSPS) is 10.8. The summed E-state index contributed by atoms with van der Waals surface area (Å²) in [5.74, 6) is -0.884. The molecular weight excluding hydrogens is 200 g/mol. The van der Waals surface area contributed by atoms with Crippen LogP contribution in [0.3, 0.4) is 0 Å². The van der Waals surface area contributed by atoms with Crippen molar-refractivity contribution in [3.63, 3.8) is 0 Å². The van der Waals surface area contributed by atoms with Crippen molar-refractivity contribution in [2.24, 2.45) is 10.3 Å². The van der Waals surface area contributed by atoms with Gasteiger partial charge in [-0.1, -0.05) is 10.3 Å². The molecule has 0 fully saturated rings. The Morgan fingerprint density at radius 1 is 1.00 bits per heavy atom. The molecule has 0 aliphatic carbocycles. The van der Waals surface area contributed by atoms with Gasteiger partial charge in [-0.15, -0.1) is 0 Å². The lowest BCUT2D eigenvalue weighted by molar-refractivity contribution is -0.141. The molecule has 6 nitrogen and oxygen atoms in total. The minimum absolute atomic E-state index is 0.442. The van der Waals surface area contributed by atoms with Crippen molar-refractivity contribution in [3.8, 4) is 0 Å². The molecule has 0 heterocycles. The number of hydrogen-bond donors (Lipinski definition) is 0. The van der Waals surface area contributed by atoms with Gasteiger partial charge in [0.25, 0.3) is 0 Å². The topological polar surface area (TPSA) is 77.3 Å². The van der Waals surface area contributed by atoms with Gasteiger partial charge in [-0.05, 0) is 19.3 Å². The Bertz CT molecular complexity index is 235. The van der Waals surface area contributed by atoms with Crippen molar-refractivity contribution >= 4 is 24.4 Å². The van der Waals surface area contributed by atoms with Crippen LogP contribution in [0.15, 0.2) is 10.3 Å². The minimum Gasteiger partial charge on any atom is -0.319 e. The Morgan fingerprint density at radius 3 is 1.73 bits per heavy atom. The molecule has 15 heavy (non-hydrogen) atoms. The Morgan fingerprint density at radius 2 is 1.40 bits per heavy atom. The molecule has 0 aromatic heterocycles. The second-order valence-electron chi connectivity index (χ2n) is 2.67. The quantitative estimate of drug-likeness (QED) is 0.288. The molecule has 0 aliphatic heterocycles. The molecule has 0 atom stereocenters. The molecule has 0 unspecified atom stereocenters. The smallest absolute Gasteiger partial charge is 0.319 e. The summed E-state index contributed by atoms with van der Waals surface area (Å²) >= 11 is 0. The summed E-state index contributed by atoms with van der Waals surface area (Å²) in [4.78, 5) is 29.2. The largest absolute Gasteiger partial charge is 0.331 e. The maximum atomic E-state index is 10.3. The summed E-state index contributed by atoms with van der Waals surface area (Å²) in [7, 11) is 0. The van der Waals surface area contributed by atoms with Gasteiger partial charge in [0, 0.05) is 26.3 Å². The maximum Gasteiger partial charge on any atom is 0.331 e. The zero-order valence-corrected chi connectivity index (χ0v) is 8.80. The fraction of sp³-hybridized carbons (Fsp3) is 0.556. The van der Waals surface area contributed by atoms with Crippen LogP contribution < -0.4 is 0 Å². The van der Waals surface area contributed by atoms with Crippen LogP contribution in [0.4, 0.5) is 0 Å². The Labute approximate surface area is 87.9 Å². The average molecular weight is 214 g/mol. The van der Waals surface area contributed by atoms with Crippen LogP contribution in [-0.2, 0) is 19.3 Å². The summed E-state index contributed by atoms with van der Waals surface area (Å²) in [5.41, 5.74) is 0. The minimum atomic E-state index is -0.442. The van der Waals surface area contributed by atoms with E-state index in [1.807, 2.05) is 0 Å². The van der Waals surface area contributed by atoms with E-state index in [4.69, 9.17) is 0 Å². The van der Waals surface area contributed by atoms with E-state index in [0.717, 1.165) is 6.42 Å². The second-order valence-corrected chi connectivity index (χ2v) is 2.67. The molecule has 0 spiro atoms. The van der Waals surface area contributed by atoms with Gasteiger partial charge in [0.05, 0.1) is 0 Å². The van der Waals surface area contributed by atoms with Gasteiger partial charge in [0.15, 0.2) is 0 Å². The first-order chi connectivity index (χ1) is 7.13. The SMILES string of the molecule is CC(=O)O/N=C/CCC/C=N/OC(C)=O.